The van der Waals surface area contributed by atoms with E-state index in [1.807, 2.05) is 0 Å². The summed E-state index contributed by atoms with van der Waals surface area (Å²) in [6, 6.07) is 54.5. The van der Waals surface area contributed by atoms with E-state index in [-0.39, 0.29) is 55.4 Å². The summed E-state index contributed by atoms with van der Waals surface area (Å²) >= 11 is 0. The highest BCUT2D eigenvalue weighted by atomic mass is 15.3. The first-order chi connectivity index (χ1) is 56.7. The van der Waals surface area contributed by atoms with Crippen LogP contribution in [0.5, 0.6) is 0 Å². The first-order valence-corrected chi connectivity index (χ1v) is 49.8. The summed E-state index contributed by atoms with van der Waals surface area (Å²) in [5, 5.41) is 0. The summed E-state index contributed by atoms with van der Waals surface area (Å²) in [7, 11) is 0. The van der Waals surface area contributed by atoms with Gasteiger partial charge in [0.1, 0.15) is 0 Å². The lowest BCUT2D eigenvalue weighted by Crippen LogP contribution is -2.58. The minimum absolute atomic E-state index is 0.0212. The number of rotatable bonds is 11. The molecule has 0 unspecified atom stereocenters. The second-order valence-corrected chi connectivity index (χ2v) is 53.1. The molecule has 0 aliphatic heterocycles. The highest BCUT2D eigenvalue weighted by Crippen LogP contribution is 2.49. The molecule has 0 atom stereocenters. The molecule has 7 nitrogen and oxygen atoms in total. The largest absolute Gasteiger partial charge is 0.362 e. The maximum Gasteiger partial charge on any atom is 0.0534 e. The topological polar surface area (TPSA) is 22.7 Å². The minimum Gasteiger partial charge on any atom is -0.362 e. The molecule has 3 aliphatic rings. The molecule has 0 heterocycles. The van der Waals surface area contributed by atoms with E-state index < -0.39 is 0 Å². The van der Waals surface area contributed by atoms with Crippen molar-refractivity contribution < 1.29 is 0 Å². The van der Waals surface area contributed by atoms with E-state index in [1.54, 1.807) is 0 Å². The molecule has 0 saturated heterocycles. The second kappa shape index (κ2) is 44.8. The van der Waals surface area contributed by atoms with Crippen LogP contribution in [0, 0.1) is 19.3 Å². The number of benzene rings is 6. The van der Waals surface area contributed by atoms with Crippen molar-refractivity contribution in [1.82, 2.24) is 14.7 Å². The Morgan fingerprint density at radius 2 is 0.468 bits per heavy atom. The van der Waals surface area contributed by atoms with Gasteiger partial charge in [0.25, 0.3) is 0 Å². The van der Waals surface area contributed by atoms with Gasteiger partial charge in [-0.3, -0.25) is 14.7 Å². The lowest BCUT2D eigenvalue weighted by atomic mass is 9.73. The maximum atomic E-state index is 2.75. The number of nitrogens with zero attached hydrogens (tertiary/aromatic N) is 7. The summed E-state index contributed by atoms with van der Waals surface area (Å²) in [4.78, 5) is 18.4. The predicted molar refractivity (Wildman–Crippen MR) is 571 cm³/mol. The Kier molecular flexibility index (Phi) is 40.7. The van der Waals surface area contributed by atoms with E-state index in [2.05, 4.69) is 526 Å². The van der Waals surface area contributed by atoms with Gasteiger partial charge in [0.15, 0.2) is 0 Å². The fraction of sp³-hybridized carbons (Fsp3) is 0.697. The van der Waals surface area contributed by atoms with Crippen molar-refractivity contribution in [3.8, 4) is 22.3 Å². The third-order valence-electron chi connectivity index (χ3n) is 24.7. The molecule has 3 saturated carbocycles. The Hall–Kier alpha value is -5.60. The van der Waals surface area contributed by atoms with Gasteiger partial charge in [0, 0.05) is 124 Å². The fourth-order valence-corrected chi connectivity index (χ4v) is 23.3. The predicted octanol–water partition coefficient (Wildman–Crippen LogP) is 35.5. The molecule has 6 aromatic rings. The number of para-hydroxylation sites is 4. The Balaban J connectivity index is 0.000000384. The van der Waals surface area contributed by atoms with Crippen LogP contribution in [0.15, 0.2) is 146 Å². The van der Waals surface area contributed by atoms with Gasteiger partial charge in [-0.15, -0.1) is 0 Å². The van der Waals surface area contributed by atoms with Crippen LogP contribution in [-0.4, -0.2) is 110 Å². The van der Waals surface area contributed by atoms with Crippen LogP contribution < -0.4 is 19.6 Å². The van der Waals surface area contributed by atoms with Crippen LogP contribution >= 0.6 is 0 Å². The van der Waals surface area contributed by atoms with Crippen LogP contribution in [0.25, 0.3) is 22.3 Å². The van der Waals surface area contributed by atoms with Gasteiger partial charge >= 0.3 is 0 Å². The molecule has 7 heteroatoms. The quantitative estimate of drug-likeness (QED) is 0.127. The van der Waals surface area contributed by atoms with Gasteiger partial charge in [-0.1, -0.05) is 207 Å². The molecule has 3 fully saturated rings. The average Bonchev–Trinajstić information content (AvgIpc) is 0.791. The normalized spacial score (nSPS) is 15.9. The summed E-state index contributed by atoms with van der Waals surface area (Å²) in [5.74, 6) is 1.07. The van der Waals surface area contributed by atoms with Crippen molar-refractivity contribution in [3.05, 3.63) is 168 Å². The summed E-state index contributed by atoms with van der Waals surface area (Å²) < 4.78 is 0. The Morgan fingerprint density at radius 3 is 0.730 bits per heavy atom. The van der Waals surface area contributed by atoms with Crippen molar-refractivity contribution in [3.63, 3.8) is 0 Å². The first-order valence-electron chi connectivity index (χ1n) is 49.8. The van der Waals surface area contributed by atoms with Gasteiger partial charge < -0.3 is 19.6 Å². The van der Waals surface area contributed by atoms with Crippen LogP contribution in [0.3, 0.4) is 0 Å². The van der Waals surface area contributed by atoms with E-state index in [0.29, 0.717) is 39.4 Å². The third-order valence-corrected chi connectivity index (χ3v) is 24.7. The zero-order valence-corrected chi connectivity index (χ0v) is 92.6. The van der Waals surface area contributed by atoms with Gasteiger partial charge in [-0.25, -0.2) is 0 Å². The van der Waals surface area contributed by atoms with Crippen LogP contribution in [0.4, 0.5) is 22.7 Å². The molecule has 0 radical (unpaired) electrons. The van der Waals surface area contributed by atoms with E-state index in [1.165, 1.54) is 151 Å². The lowest BCUT2D eigenvalue weighted by Gasteiger charge is -2.52. The molecule has 6 aromatic carbocycles. The van der Waals surface area contributed by atoms with Gasteiger partial charge in [0.2, 0.25) is 0 Å². The summed E-state index contributed by atoms with van der Waals surface area (Å²) in [5.41, 5.74) is 19.1. The minimum atomic E-state index is -0.0212. The van der Waals surface area contributed by atoms with Crippen molar-refractivity contribution in [2.75, 3.05) is 19.6 Å². The molecule has 716 valence electrons. The summed E-state index contributed by atoms with van der Waals surface area (Å²) in [6.07, 6.45) is 18.2. The standard InChI is InChI=1S/C26H31N.C20H35N.C16H33N.C16H27N.C14H29N.C14H23N.C13H27N/c1-25(2,3)27(26(4,5)6)24-22(20-14-9-7-10-15-20)18-13-19-23(24)21-16-11-8-12-17-21;1-14(2)16-12-11-13-17(15(3)4)18(16)21(19(5,6)7)20(8,9)10;1-14(2,3)17(15(4,5)6)13-9-11-16(7,8)12-10-13;1-12-10-9-11-13(2)14(12)17(15(3,4)5)16(6,7)8;2*1-13(2,3)15(14(4,5)6)12-10-8-7-9-11-12;1-12(2,3)14(13(4,5)6)11-9-7-8-10-11/h7-19H,1-6H3;11-15H,1-10H3;13H,9-12H2,1-8H3;9-11H,1-8H3;12H,7-11H2,1-6H3;7-11H,1-6H3;11H,7-10H2,1-6H3. The molecule has 126 heavy (non-hydrogen) atoms. The van der Waals surface area contributed by atoms with Crippen molar-refractivity contribution in [1.29, 1.82) is 0 Å². The van der Waals surface area contributed by atoms with E-state index in [0.717, 1.165) is 18.1 Å². The van der Waals surface area contributed by atoms with Gasteiger partial charge in [-0.2, -0.15) is 0 Å². The van der Waals surface area contributed by atoms with Gasteiger partial charge in [0.05, 0.1) is 5.69 Å². The molecule has 0 amide bonds. The number of hydrogen-bond donors (Lipinski definition) is 0. The monoisotopic (exact) mass is 1730 g/mol. The summed E-state index contributed by atoms with van der Waals surface area (Å²) in [6.45, 7) is 116. The fourth-order valence-electron chi connectivity index (χ4n) is 23.3. The van der Waals surface area contributed by atoms with Crippen LogP contribution in [-0.2, 0) is 0 Å². The molecule has 3 aliphatic carbocycles. The molecular formula is C119H205N7. The third kappa shape index (κ3) is 35.2. The van der Waals surface area contributed by atoms with Gasteiger partial charge in [-0.05, 0) is 419 Å². The van der Waals surface area contributed by atoms with Crippen LogP contribution in [0.1, 0.15) is 450 Å². The molecule has 0 spiro atoms. The molecule has 0 aromatic heterocycles. The lowest BCUT2D eigenvalue weighted by molar-refractivity contribution is -0.0313. The number of anilines is 4. The molecule has 9 rings (SSSR count). The zero-order valence-electron chi connectivity index (χ0n) is 92.6. The van der Waals surface area contributed by atoms with Crippen LogP contribution in [0.2, 0.25) is 0 Å². The molecule has 0 N–H and O–H groups in total. The second-order valence-electron chi connectivity index (χ2n) is 53.1. The van der Waals surface area contributed by atoms with Crippen molar-refractivity contribution >= 4 is 22.7 Å². The maximum absolute atomic E-state index is 2.75. The Bertz CT molecular complexity index is 3890. The van der Waals surface area contributed by atoms with Crippen molar-refractivity contribution in [2.45, 2.75) is 537 Å². The number of aryl methyl sites for hydroxylation is 2. The van der Waals surface area contributed by atoms with Crippen molar-refractivity contribution in [2.24, 2.45) is 5.41 Å². The van der Waals surface area contributed by atoms with E-state index >= 15 is 0 Å². The van der Waals surface area contributed by atoms with E-state index in [9.17, 15) is 0 Å². The highest BCUT2D eigenvalue weighted by molar-refractivity contribution is 5.92. The Labute approximate surface area is 784 Å². The first kappa shape index (κ1) is 115. The number of hydrogen-bond acceptors (Lipinski definition) is 7. The van der Waals surface area contributed by atoms with E-state index in [4.69, 9.17) is 0 Å². The SMILES string of the molecule is CC(C)(C)N(C1CCCC1)C(C)(C)C.CC(C)(C)N(C1CCCCC1)C(C)(C)C.CC(C)(C)N(c1c(-c2ccccc2)cccc1-c1ccccc1)C(C)(C)C.CC(C)(C)N(c1ccccc1)C(C)(C)C.CC(C)c1cccc(C(C)C)c1N(C(C)(C)C)C(C)(C)C.CC1(C)CCC(N(C(C)(C)C)C(C)(C)C)CC1.Cc1cccc(C)c1N(C(C)(C)C)C(C)(C)C. The molecular weight excluding hydrogens is 1530 g/mol. The smallest absolute Gasteiger partial charge is 0.0534 e. The average molecular weight is 1730 g/mol. The molecule has 0 bridgehead atoms. The zero-order chi connectivity index (χ0) is 97.5. The Morgan fingerprint density at radius 1 is 0.238 bits per heavy atom. The highest BCUT2D eigenvalue weighted by Gasteiger charge is 2.44.